The molecule has 0 spiro atoms. The lowest BCUT2D eigenvalue weighted by Gasteiger charge is -2.18. The maximum absolute atomic E-state index is 12.7. The number of halogens is 1. The average Bonchev–Trinajstić information content (AvgIpc) is 3.05. The van der Waals surface area contributed by atoms with Gasteiger partial charge in [-0.3, -0.25) is 9.48 Å². The summed E-state index contributed by atoms with van der Waals surface area (Å²) in [6, 6.07) is 17.1. The van der Waals surface area contributed by atoms with E-state index in [1.807, 2.05) is 61.6 Å². The molecule has 0 atom stereocenters. The van der Waals surface area contributed by atoms with Gasteiger partial charge in [-0.15, -0.1) is 0 Å². The number of rotatable bonds is 6. The Bertz CT molecular complexity index is 907. The molecule has 26 heavy (non-hydrogen) atoms. The smallest absolute Gasteiger partial charge is 0.253 e. The highest BCUT2D eigenvalue weighted by molar-refractivity contribution is 9.10. The minimum atomic E-state index is -0.0334. The number of hydrogen-bond donors (Lipinski definition) is 0. The van der Waals surface area contributed by atoms with Crippen molar-refractivity contribution in [1.29, 1.82) is 0 Å². The Hall–Kier alpha value is -2.60. The summed E-state index contributed by atoms with van der Waals surface area (Å²) in [6.07, 6.45) is 1.73. The zero-order chi connectivity index (χ0) is 18.5. The minimum absolute atomic E-state index is 0.0334. The topological polar surface area (TPSA) is 47.4 Å². The Morgan fingerprint density at radius 1 is 1.19 bits per heavy atom. The second-order valence-corrected chi connectivity index (χ2v) is 6.88. The van der Waals surface area contributed by atoms with E-state index in [1.165, 1.54) is 0 Å². The van der Waals surface area contributed by atoms with Gasteiger partial charge < -0.3 is 9.64 Å². The van der Waals surface area contributed by atoms with Crippen molar-refractivity contribution in [2.75, 3.05) is 7.05 Å². The lowest BCUT2D eigenvalue weighted by Crippen LogP contribution is -2.27. The lowest BCUT2D eigenvalue weighted by molar-refractivity contribution is 0.0782. The highest BCUT2D eigenvalue weighted by Crippen LogP contribution is 2.24. The summed E-state index contributed by atoms with van der Waals surface area (Å²) in [7, 11) is 3.66. The fourth-order valence-corrected chi connectivity index (χ4v) is 3.01. The van der Waals surface area contributed by atoms with Gasteiger partial charge in [-0.1, -0.05) is 24.3 Å². The molecule has 0 aliphatic carbocycles. The molecule has 1 heterocycles. The minimum Gasteiger partial charge on any atom is -0.488 e. The van der Waals surface area contributed by atoms with E-state index in [2.05, 4.69) is 21.0 Å². The number of aryl methyl sites for hydroxylation is 1. The monoisotopic (exact) mass is 413 g/mol. The van der Waals surface area contributed by atoms with E-state index >= 15 is 0 Å². The number of carbonyl (C=O) groups is 1. The van der Waals surface area contributed by atoms with Crippen molar-refractivity contribution in [2.24, 2.45) is 7.05 Å². The first kappa shape index (κ1) is 18.2. The van der Waals surface area contributed by atoms with Crippen LogP contribution in [0.15, 0.2) is 65.3 Å². The summed E-state index contributed by atoms with van der Waals surface area (Å²) in [4.78, 5) is 14.4. The number of amides is 1. The summed E-state index contributed by atoms with van der Waals surface area (Å²) in [6.45, 7) is 0.905. The van der Waals surface area contributed by atoms with Crippen molar-refractivity contribution >= 4 is 21.8 Å². The molecule has 0 saturated carbocycles. The number of para-hydroxylation sites is 1. The molecule has 2 aromatic carbocycles. The molecule has 0 aliphatic rings. The van der Waals surface area contributed by atoms with Crippen molar-refractivity contribution in [3.63, 3.8) is 0 Å². The number of carbonyl (C=O) groups excluding carboxylic acids is 1. The van der Waals surface area contributed by atoms with E-state index in [0.717, 1.165) is 21.5 Å². The van der Waals surface area contributed by atoms with Crippen LogP contribution >= 0.6 is 15.9 Å². The third kappa shape index (κ3) is 4.32. The molecule has 0 aliphatic heterocycles. The van der Waals surface area contributed by atoms with Crippen LogP contribution in [0.3, 0.4) is 0 Å². The first-order chi connectivity index (χ1) is 12.5. The number of hydrogen-bond acceptors (Lipinski definition) is 3. The van der Waals surface area contributed by atoms with E-state index in [0.29, 0.717) is 18.7 Å². The third-order valence-corrected chi connectivity index (χ3v) is 4.73. The average molecular weight is 414 g/mol. The van der Waals surface area contributed by atoms with Gasteiger partial charge in [-0.05, 0) is 51.8 Å². The van der Waals surface area contributed by atoms with Crippen molar-refractivity contribution in [3.05, 3.63) is 82.1 Å². The maximum atomic E-state index is 12.7. The van der Waals surface area contributed by atoms with Crippen molar-refractivity contribution < 1.29 is 9.53 Å². The first-order valence-corrected chi connectivity index (χ1v) is 9.02. The second kappa shape index (κ2) is 8.19. The summed E-state index contributed by atoms with van der Waals surface area (Å²) in [5.74, 6) is 0.742. The van der Waals surface area contributed by atoms with Gasteiger partial charge in [0.2, 0.25) is 0 Å². The summed E-state index contributed by atoms with van der Waals surface area (Å²) in [5.41, 5.74) is 2.57. The number of ether oxygens (including phenoxy) is 1. The maximum Gasteiger partial charge on any atom is 0.253 e. The van der Waals surface area contributed by atoms with Crippen LogP contribution in [0.2, 0.25) is 0 Å². The van der Waals surface area contributed by atoms with Crippen LogP contribution in [0, 0.1) is 0 Å². The van der Waals surface area contributed by atoms with Crippen LogP contribution in [0.1, 0.15) is 21.6 Å². The Morgan fingerprint density at radius 2 is 2.00 bits per heavy atom. The van der Waals surface area contributed by atoms with E-state index in [1.54, 1.807) is 22.8 Å². The molecule has 0 bridgehead atoms. The quantitative estimate of drug-likeness (QED) is 0.612. The molecule has 3 rings (SSSR count). The standard InChI is InChI=1S/C20H20BrN3O2/c1-23(13-17-10-11-22-24(17)2)20(25)16-7-5-6-15(12-16)14-26-19-9-4-3-8-18(19)21/h3-12H,13-14H2,1-2H3. The molecule has 1 aromatic heterocycles. The Balaban J connectivity index is 1.67. The molecular weight excluding hydrogens is 394 g/mol. The molecule has 1 amide bonds. The molecule has 0 radical (unpaired) electrons. The first-order valence-electron chi connectivity index (χ1n) is 8.23. The molecule has 3 aromatic rings. The predicted molar refractivity (Wildman–Crippen MR) is 104 cm³/mol. The van der Waals surface area contributed by atoms with Crippen LogP contribution in [-0.4, -0.2) is 27.6 Å². The molecule has 0 unspecified atom stereocenters. The van der Waals surface area contributed by atoms with E-state index in [9.17, 15) is 4.79 Å². The number of nitrogens with zero attached hydrogens (tertiary/aromatic N) is 3. The van der Waals surface area contributed by atoms with Gasteiger partial charge in [0, 0.05) is 25.9 Å². The van der Waals surface area contributed by atoms with Crippen LogP contribution in [0.4, 0.5) is 0 Å². The van der Waals surface area contributed by atoms with E-state index in [4.69, 9.17) is 4.74 Å². The van der Waals surface area contributed by atoms with Gasteiger partial charge in [0.1, 0.15) is 12.4 Å². The van der Waals surface area contributed by atoms with E-state index in [-0.39, 0.29) is 5.91 Å². The van der Waals surface area contributed by atoms with Gasteiger partial charge in [0.15, 0.2) is 0 Å². The molecule has 0 fully saturated rings. The van der Waals surface area contributed by atoms with Crippen molar-refractivity contribution in [2.45, 2.75) is 13.2 Å². The SMILES string of the molecule is CN(Cc1ccnn1C)C(=O)c1cccc(COc2ccccc2Br)c1. The molecular formula is C20H20BrN3O2. The van der Waals surface area contributed by atoms with Gasteiger partial charge >= 0.3 is 0 Å². The Labute approximate surface area is 161 Å². The van der Waals surface area contributed by atoms with Gasteiger partial charge in [0.05, 0.1) is 16.7 Å². The van der Waals surface area contributed by atoms with Gasteiger partial charge in [0.25, 0.3) is 5.91 Å². The highest BCUT2D eigenvalue weighted by atomic mass is 79.9. The molecule has 5 nitrogen and oxygen atoms in total. The largest absolute Gasteiger partial charge is 0.488 e. The Kier molecular flexibility index (Phi) is 5.73. The molecule has 0 saturated heterocycles. The van der Waals surface area contributed by atoms with Crippen LogP contribution in [-0.2, 0) is 20.2 Å². The number of aromatic nitrogens is 2. The zero-order valence-corrected chi connectivity index (χ0v) is 16.3. The van der Waals surface area contributed by atoms with Gasteiger partial charge in [-0.2, -0.15) is 5.10 Å². The van der Waals surface area contributed by atoms with Crippen LogP contribution < -0.4 is 4.74 Å². The summed E-state index contributed by atoms with van der Waals surface area (Å²) < 4.78 is 8.51. The Morgan fingerprint density at radius 3 is 2.73 bits per heavy atom. The molecule has 134 valence electrons. The second-order valence-electron chi connectivity index (χ2n) is 6.03. The number of benzene rings is 2. The lowest BCUT2D eigenvalue weighted by atomic mass is 10.1. The van der Waals surface area contributed by atoms with Gasteiger partial charge in [-0.25, -0.2) is 0 Å². The zero-order valence-electron chi connectivity index (χ0n) is 14.7. The normalized spacial score (nSPS) is 10.6. The third-order valence-electron chi connectivity index (χ3n) is 4.07. The van der Waals surface area contributed by atoms with Crippen LogP contribution in [0.25, 0.3) is 0 Å². The van der Waals surface area contributed by atoms with Crippen molar-refractivity contribution in [3.8, 4) is 5.75 Å². The van der Waals surface area contributed by atoms with Crippen molar-refractivity contribution in [1.82, 2.24) is 14.7 Å². The summed E-state index contributed by atoms with van der Waals surface area (Å²) in [5, 5.41) is 4.13. The fraction of sp³-hybridized carbons (Fsp3) is 0.200. The molecule has 6 heteroatoms. The summed E-state index contributed by atoms with van der Waals surface area (Å²) >= 11 is 3.47. The van der Waals surface area contributed by atoms with E-state index < -0.39 is 0 Å². The van der Waals surface area contributed by atoms with Crippen LogP contribution in [0.5, 0.6) is 5.75 Å². The highest BCUT2D eigenvalue weighted by Gasteiger charge is 2.14. The predicted octanol–water partition coefficient (Wildman–Crippen LogP) is 4.03. The fourth-order valence-electron chi connectivity index (χ4n) is 2.61. The molecule has 0 N–H and O–H groups in total.